The number of para-hydroxylation sites is 2. The minimum atomic E-state index is 0.686. The minimum Gasteiger partial charge on any atom is -0.457 e. The fourth-order valence-electron chi connectivity index (χ4n) is 4.37. The number of hydrogen-bond donors (Lipinski definition) is 0. The maximum Gasteiger partial charge on any atom is 0.135 e. The summed E-state index contributed by atoms with van der Waals surface area (Å²) in [5.41, 5.74) is 4.93. The molecule has 4 aromatic rings. The van der Waals surface area contributed by atoms with Crippen LogP contribution in [0.25, 0.3) is 11.1 Å². The standard InChI is InChI=1S/C27H24N4O/c1-20-26(24-13-5-6-14-25(24)32-23-11-3-2-4-12-23)27-30(15-8-16-31(27)29-20)19-22-10-7-9-21(17-22)18-28/h2-7,9-14,17H,8,15-16,19H2,1H3. The Balaban J connectivity index is 1.56. The van der Waals surface area contributed by atoms with E-state index < -0.39 is 0 Å². The molecule has 5 heteroatoms. The van der Waals surface area contributed by atoms with E-state index in [0.717, 1.165) is 65.8 Å². The molecule has 158 valence electrons. The van der Waals surface area contributed by atoms with Crippen molar-refractivity contribution in [3.63, 3.8) is 0 Å². The van der Waals surface area contributed by atoms with Crippen LogP contribution in [-0.4, -0.2) is 16.3 Å². The van der Waals surface area contributed by atoms with Gasteiger partial charge in [0.15, 0.2) is 0 Å². The second-order valence-corrected chi connectivity index (χ2v) is 8.01. The first-order chi connectivity index (χ1) is 15.7. The highest BCUT2D eigenvalue weighted by molar-refractivity contribution is 5.83. The molecule has 0 unspecified atom stereocenters. The molecule has 0 fully saturated rings. The quantitative estimate of drug-likeness (QED) is 0.401. The molecule has 1 aliphatic rings. The summed E-state index contributed by atoms with van der Waals surface area (Å²) in [6.45, 7) is 4.63. The number of hydrogen-bond acceptors (Lipinski definition) is 4. The van der Waals surface area contributed by atoms with Crippen LogP contribution in [0.3, 0.4) is 0 Å². The zero-order valence-corrected chi connectivity index (χ0v) is 18.0. The van der Waals surface area contributed by atoms with Gasteiger partial charge in [-0.1, -0.05) is 48.5 Å². The Morgan fingerprint density at radius 3 is 2.62 bits per heavy atom. The van der Waals surface area contributed by atoms with Crippen LogP contribution in [0.15, 0.2) is 78.9 Å². The van der Waals surface area contributed by atoms with Crippen molar-refractivity contribution in [2.45, 2.75) is 26.4 Å². The Hall–Kier alpha value is -4.04. The first-order valence-electron chi connectivity index (χ1n) is 10.9. The monoisotopic (exact) mass is 420 g/mol. The molecule has 32 heavy (non-hydrogen) atoms. The third kappa shape index (κ3) is 3.83. The number of benzene rings is 3. The molecule has 1 aromatic heterocycles. The predicted octanol–water partition coefficient (Wildman–Crippen LogP) is 5.93. The van der Waals surface area contributed by atoms with E-state index in [9.17, 15) is 5.26 Å². The maximum atomic E-state index is 9.28. The van der Waals surface area contributed by atoms with Gasteiger partial charge in [0.2, 0.25) is 0 Å². The number of anilines is 1. The largest absolute Gasteiger partial charge is 0.457 e. The summed E-state index contributed by atoms with van der Waals surface area (Å²) in [4.78, 5) is 2.37. The lowest BCUT2D eigenvalue weighted by molar-refractivity contribution is 0.484. The molecule has 5 nitrogen and oxygen atoms in total. The van der Waals surface area contributed by atoms with Gasteiger partial charge in [0, 0.05) is 25.2 Å². The van der Waals surface area contributed by atoms with Crippen molar-refractivity contribution in [1.29, 1.82) is 5.26 Å². The number of aryl methyl sites for hydroxylation is 2. The molecule has 0 amide bonds. The van der Waals surface area contributed by atoms with Crippen LogP contribution in [0, 0.1) is 18.3 Å². The first kappa shape index (κ1) is 19.9. The Labute approximate surface area is 188 Å². The SMILES string of the molecule is Cc1nn2c(c1-c1ccccc1Oc1ccccc1)N(Cc1cccc(C#N)c1)CCC2. The Morgan fingerprint density at radius 1 is 0.969 bits per heavy atom. The summed E-state index contributed by atoms with van der Waals surface area (Å²) >= 11 is 0. The van der Waals surface area contributed by atoms with Gasteiger partial charge in [-0.2, -0.15) is 10.4 Å². The number of nitriles is 1. The van der Waals surface area contributed by atoms with Crippen LogP contribution in [0.4, 0.5) is 5.82 Å². The van der Waals surface area contributed by atoms with E-state index in [0.29, 0.717) is 5.56 Å². The third-order valence-corrected chi connectivity index (χ3v) is 5.76. The van der Waals surface area contributed by atoms with Gasteiger partial charge in [-0.25, -0.2) is 4.68 Å². The molecule has 3 aromatic carbocycles. The lowest BCUT2D eigenvalue weighted by Gasteiger charge is -2.31. The third-order valence-electron chi connectivity index (χ3n) is 5.76. The molecule has 0 N–H and O–H groups in total. The molecular formula is C27H24N4O. The van der Waals surface area contributed by atoms with Crippen molar-refractivity contribution in [1.82, 2.24) is 9.78 Å². The van der Waals surface area contributed by atoms with Crippen LogP contribution in [0.5, 0.6) is 11.5 Å². The van der Waals surface area contributed by atoms with Gasteiger partial charge in [-0.15, -0.1) is 0 Å². The Bertz CT molecular complexity index is 1290. The van der Waals surface area contributed by atoms with Crippen LogP contribution < -0.4 is 9.64 Å². The summed E-state index contributed by atoms with van der Waals surface area (Å²) in [6, 6.07) is 28.1. The Morgan fingerprint density at radius 2 is 1.78 bits per heavy atom. The van der Waals surface area contributed by atoms with E-state index in [4.69, 9.17) is 9.84 Å². The number of nitrogens with zero attached hydrogens (tertiary/aromatic N) is 4. The predicted molar refractivity (Wildman–Crippen MR) is 126 cm³/mol. The smallest absolute Gasteiger partial charge is 0.135 e. The number of ether oxygens (including phenoxy) is 1. The van der Waals surface area contributed by atoms with Crippen LogP contribution in [-0.2, 0) is 13.1 Å². The fraction of sp³-hybridized carbons (Fsp3) is 0.185. The van der Waals surface area contributed by atoms with Gasteiger partial charge in [0.25, 0.3) is 0 Å². The zero-order chi connectivity index (χ0) is 21.9. The highest BCUT2D eigenvalue weighted by Gasteiger charge is 2.27. The van der Waals surface area contributed by atoms with E-state index in [1.807, 2.05) is 66.7 Å². The molecule has 0 saturated heterocycles. The molecule has 0 saturated carbocycles. The molecule has 0 bridgehead atoms. The van der Waals surface area contributed by atoms with Gasteiger partial charge < -0.3 is 9.64 Å². The molecular weight excluding hydrogens is 396 g/mol. The molecule has 5 rings (SSSR count). The van der Waals surface area contributed by atoms with E-state index in [-0.39, 0.29) is 0 Å². The van der Waals surface area contributed by atoms with Crippen molar-refractivity contribution < 1.29 is 4.74 Å². The average molecular weight is 421 g/mol. The summed E-state index contributed by atoms with van der Waals surface area (Å²) in [5, 5.41) is 14.2. The second kappa shape index (κ2) is 8.60. The second-order valence-electron chi connectivity index (χ2n) is 8.01. The van der Waals surface area contributed by atoms with Crippen molar-refractivity contribution in [3.05, 3.63) is 95.7 Å². The van der Waals surface area contributed by atoms with E-state index in [1.165, 1.54) is 0 Å². The summed E-state index contributed by atoms with van der Waals surface area (Å²) in [6.07, 6.45) is 1.04. The van der Waals surface area contributed by atoms with Crippen molar-refractivity contribution >= 4 is 5.82 Å². The van der Waals surface area contributed by atoms with Gasteiger partial charge in [0.1, 0.15) is 17.3 Å². The van der Waals surface area contributed by atoms with Gasteiger partial charge in [0.05, 0.1) is 22.9 Å². The van der Waals surface area contributed by atoms with E-state index in [2.05, 4.69) is 34.7 Å². The van der Waals surface area contributed by atoms with Crippen LogP contribution in [0.1, 0.15) is 23.2 Å². The highest BCUT2D eigenvalue weighted by Crippen LogP contribution is 2.42. The lowest BCUT2D eigenvalue weighted by atomic mass is 10.0. The van der Waals surface area contributed by atoms with Gasteiger partial charge in [-0.3, -0.25) is 0 Å². The summed E-state index contributed by atoms with van der Waals surface area (Å²) in [5.74, 6) is 2.73. The number of rotatable bonds is 5. The molecule has 1 aliphatic heterocycles. The van der Waals surface area contributed by atoms with Crippen LogP contribution >= 0.6 is 0 Å². The summed E-state index contributed by atoms with van der Waals surface area (Å²) < 4.78 is 8.38. The van der Waals surface area contributed by atoms with E-state index >= 15 is 0 Å². The summed E-state index contributed by atoms with van der Waals surface area (Å²) in [7, 11) is 0. The minimum absolute atomic E-state index is 0.686. The molecule has 0 spiro atoms. The van der Waals surface area contributed by atoms with Gasteiger partial charge in [-0.05, 0) is 49.2 Å². The fourth-order valence-corrected chi connectivity index (χ4v) is 4.37. The number of aromatic nitrogens is 2. The molecule has 0 aliphatic carbocycles. The van der Waals surface area contributed by atoms with E-state index in [1.54, 1.807) is 0 Å². The zero-order valence-electron chi connectivity index (χ0n) is 18.0. The van der Waals surface area contributed by atoms with Crippen molar-refractivity contribution in [2.24, 2.45) is 0 Å². The van der Waals surface area contributed by atoms with Crippen LogP contribution in [0.2, 0.25) is 0 Å². The normalized spacial score (nSPS) is 12.8. The van der Waals surface area contributed by atoms with Crippen molar-refractivity contribution in [3.8, 4) is 28.7 Å². The first-order valence-corrected chi connectivity index (χ1v) is 10.9. The van der Waals surface area contributed by atoms with Crippen molar-refractivity contribution in [2.75, 3.05) is 11.4 Å². The van der Waals surface area contributed by atoms with Gasteiger partial charge >= 0.3 is 0 Å². The molecule has 2 heterocycles. The molecule has 0 atom stereocenters. The highest BCUT2D eigenvalue weighted by atomic mass is 16.5. The number of fused-ring (bicyclic) bond motifs is 1. The Kier molecular flexibility index (Phi) is 5.35. The average Bonchev–Trinajstić information content (AvgIpc) is 3.17. The topological polar surface area (TPSA) is 54.1 Å². The lowest BCUT2D eigenvalue weighted by Crippen LogP contribution is -2.32. The molecule has 0 radical (unpaired) electrons. The maximum absolute atomic E-state index is 9.28.